The number of methoxy groups -OCH3 is 1. The van der Waals surface area contributed by atoms with Crippen LogP contribution >= 0.6 is 0 Å². The standard InChI is InChI=1S/C10H21NO4/c1-4-15-10(12)9(11-2)8-14-7-5-6-13-3/h9,11H,4-8H2,1-3H3. The van der Waals surface area contributed by atoms with Crippen LogP contribution < -0.4 is 5.32 Å². The van der Waals surface area contributed by atoms with Crippen molar-refractivity contribution in [2.24, 2.45) is 0 Å². The Kier molecular flexibility index (Phi) is 9.46. The van der Waals surface area contributed by atoms with E-state index in [1.54, 1.807) is 21.1 Å². The van der Waals surface area contributed by atoms with Crippen LogP contribution in [0, 0.1) is 0 Å². The second-order valence-corrected chi connectivity index (χ2v) is 3.01. The van der Waals surface area contributed by atoms with Crippen molar-refractivity contribution in [3.63, 3.8) is 0 Å². The van der Waals surface area contributed by atoms with Crippen molar-refractivity contribution in [1.82, 2.24) is 5.32 Å². The molecule has 0 radical (unpaired) electrons. The van der Waals surface area contributed by atoms with Crippen LogP contribution in [-0.4, -0.2) is 52.6 Å². The Labute approximate surface area is 91.1 Å². The molecular weight excluding hydrogens is 198 g/mol. The van der Waals surface area contributed by atoms with E-state index < -0.39 is 0 Å². The Hall–Kier alpha value is -0.650. The third-order valence-electron chi connectivity index (χ3n) is 1.84. The molecule has 0 aromatic heterocycles. The molecule has 0 aromatic carbocycles. The summed E-state index contributed by atoms with van der Waals surface area (Å²) in [6, 6.07) is -0.382. The molecular formula is C10H21NO4. The van der Waals surface area contributed by atoms with Crippen LogP contribution in [0.1, 0.15) is 13.3 Å². The average molecular weight is 219 g/mol. The Morgan fingerprint density at radius 2 is 2.13 bits per heavy atom. The van der Waals surface area contributed by atoms with Crippen LogP contribution in [0.5, 0.6) is 0 Å². The maximum atomic E-state index is 11.3. The summed E-state index contributed by atoms with van der Waals surface area (Å²) >= 11 is 0. The third kappa shape index (κ3) is 7.30. The zero-order valence-electron chi connectivity index (χ0n) is 9.75. The highest BCUT2D eigenvalue weighted by molar-refractivity contribution is 5.75. The van der Waals surface area contributed by atoms with E-state index in [-0.39, 0.29) is 12.0 Å². The molecule has 0 heterocycles. The summed E-state index contributed by atoms with van der Waals surface area (Å²) in [5.41, 5.74) is 0. The molecule has 15 heavy (non-hydrogen) atoms. The van der Waals surface area contributed by atoms with E-state index in [2.05, 4.69) is 5.32 Å². The zero-order valence-corrected chi connectivity index (χ0v) is 9.75. The van der Waals surface area contributed by atoms with Gasteiger partial charge in [-0.15, -0.1) is 0 Å². The van der Waals surface area contributed by atoms with Gasteiger partial charge in [-0.25, -0.2) is 0 Å². The molecule has 0 aliphatic carbocycles. The van der Waals surface area contributed by atoms with Crippen LogP contribution in [-0.2, 0) is 19.0 Å². The predicted molar refractivity (Wildman–Crippen MR) is 56.8 cm³/mol. The summed E-state index contributed by atoms with van der Waals surface area (Å²) in [7, 11) is 3.36. The van der Waals surface area contributed by atoms with Gasteiger partial charge in [0.2, 0.25) is 0 Å². The van der Waals surface area contributed by atoms with Gasteiger partial charge in [0.25, 0.3) is 0 Å². The van der Waals surface area contributed by atoms with Crippen molar-refractivity contribution in [3.05, 3.63) is 0 Å². The number of rotatable bonds is 9. The van der Waals surface area contributed by atoms with Crippen molar-refractivity contribution in [1.29, 1.82) is 0 Å². The van der Waals surface area contributed by atoms with Crippen molar-refractivity contribution in [2.75, 3.05) is 40.6 Å². The lowest BCUT2D eigenvalue weighted by Crippen LogP contribution is -2.39. The molecule has 0 aliphatic heterocycles. The Morgan fingerprint density at radius 3 is 2.67 bits per heavy atom. The van der Waals surface area contributed by atoms with Crippen molar-refractivity contribution in [3.8, 4) is 0 Å². The Bertz CT molecular complexity index is 164. The van der Waals surface area contributed by atoms with Gasteiger partial charge in [-0.1, -0.05) is 0 Å². The minimum Gasteiger partial charge on any atom is -0.465 e. The first-order valence-corrected chi connectivity index (χ1v) is 5.16. The van der Waals surface area contributed by atoms with Crippen LogP contribution in [0.2, 0.25) is 0 Å². The van der Waals surface area contributed by atoms with E-state index in [1.165, 1.54) is 0 Å². The molecule has 0 aromatic rings. The van der Waals surface area contributed by atoms with E-state index >= 15 is 0 Å². The molecule has 0 aliphatic rings. The largest absolute Gasteiger partial charge is 0.465 e. The quantitative estimate of drug-likeness (QED) is 0.443. The maximum Gasteiger partial charge on any atom is 0.325 e. The Balaban J connectivity index is 3.56. The number of ether oxygens (including phenoxy) is 3. The number of nitrogens with one attached hydrogen (secondary N) is 1. The van der Waals surface area contributed by atoms with Gasteiger partial charge in [0, 0.05) is 20.3 Å². The molecule has 0 spiro atoms. The normalized spacial score (nSPS) is 12.5. The average Bonchev–Trinajstić information content (AvgIpc) is 2.23. The number of likely N-dealkylation sites (N-methyl/N-ethyl adjacent to an activating group) is 1. The van der Waals surface area contributed by atoms with Crippen molar-refractivity contribution < 1.29 is 19.0 Å². The van der Waals surface area contributed by atoms with E-state index in [0.29, 0.717) is 26.4 Å². The summed E-state index contributed by atoms with van der Waals surface area (Å²) in [5, 5.41) is 2.85. The highest BCUT2D eigenvalue weighted by atomic mass is 16.5. The predicted octanol–water partition coefficient (Wildman–Crippen LogP) is 0.191. The summed E-state index contributed by atoms with van der Waals surface area (Å²) in [5.74, 6) is -0.272. The van der Waals surface area contributed by atoms with E-state index in [4.69, 9.17) is 14.2 Å². The summed E-state index contributed by atoms with van der Waals surface area (Å²) < 4.78 is 15.1. The van der Waals surface area contributed by atoms with E-state index in [0.717, 1.165) is 6.42 Å². The van der Waals surface area contributed by atoms with Gasteiger partial charge in [-0.3, -0.25) is 4.79 Å². The summed E-state index contributed by atoms with van der Waals surface area (Å²) in [4.78, 5) is 11.3. The molecule has 0 saturated carbocycles. The molecule has 0 amide bonds. The highest BCUT2D eigenvalue weighted by Crippen LogP contribution is 1.92. The molecule has 5 nitrogen and oxygen atoms in total. The number of esters is 1. The maximum absolute atomic E-state index is 11.3. The molecule has 0 rings (SSSR count). The third-order valence-corrected chi connectivity index (χ3v) is 1.84. The van der Waals surface area contributed by atoms with Crippen LogP contribution in [0.25, 0.3) is 0 Å². The number of hydrogen-bond donors (Lipinski definition) is 1. The van der Waals surface area contributed by atoms with Crippen LogP contribution in [0.3, 0.4) is 0 Å². The van der Waals surface area contributed by atoms with Gasteiger partial charge in [-0.05, 0) is 20.4 Å². The van der Waals surface area contributed by atoms with Gasteiger partial charge in [0.15, 0.2) is 0 Å². The lowest BCUT2D eigenvalue weighted by molar-refractivity contribution is -0.147. The molecule has 0 fully saturated rings. The van der Waals surface area contributed by atoms with Gasteiger partial charge >= 0.3 is 5.97 Å². The SMILES string of the molecule is CCOC(=O)C(COCCCOC)NC. The minimum atomic E-state index is -0.382. The molecule has 0 saturated heterocycles. The Morgan fingerprint density at radius 1 is 1.40 bits per heavy atom. The highest BCUT2D eigenvalue weighted by Gasteiger charge is 2.17. The van der Waals surface area contributed by atoms with Crippen molar-refractivity contribution >= 4 is 5.97 Å². The molecule has 1 N–H and O–H groups in total. The second-order valence-electron chi connectivity index (χ2n) is 3.01. The number of carbonyl (C=O) groups excluding carboxylic acids is 1. The van der Waals surface area contributed by atoms with Crippen LogP contribution in [0.4, 0.5) is 0 Å². The molecule has 0 bridgehead atoms. The monoisotopic (exact) mass is 219 g/mol. The van der Waals surface area contributed by atoms with E-state index in [9.17, 15) is 4.79 Å². The van der Waals surface area contributed by atoms with Gasteiger partial charge in [0.1, 0.15) is 6.04 Å². The molecule has 5 heteroatoms. The minimum absolute atomic E-state index is 0.272. The van der Waals surface area contributed by atoms with Gasteiger partial charge in [-0.2, -0.15) is 0 Å². The molecule has 90 valence electrons. The van der Waals surface area contributed by atoms with Gasteiger partial charge in [0.05, 0.1) is 13.2 Å². The lowest BCUT2D eigenvalue weighted by Gasteiger charge is -2.14. The topological polar surface area (TPSA) is 56.8 Å². The number of hydrogen-bond acceptors (Lipinski definition) is 5. The van der Waals surface area contributed by atoms with E-state index in [1.807, 2.05) is 0 Å². The first-order valence-electron chi connectivity index (χ1n) is 5.16. The van der Waals surface area contributed by atoms with Crippen molar-refractivity contribution in [2.45, 2.75) is 19.4 Å². The fraction of sp³-hybridized carbons (Fsp3) is 0.900. The van der Waals surface area contributed by atoms with Crippen LogP contribution in [0.15, 0.2) is 0 Å². The zero-order chi connectivity index (χ0) is 11.5. The molecule has 1 unspecified atom stereocenters. The fourth-order valence-electron chi connectivity index (χ4n) is 1.02. The molecule has 1 atom stereocenters. The first kappa shape index (κ1) is 14.3. The first-order chi connectivity index (χ1) is 7.26. The number of carbonyl (C=O) groups is 1. The summed E-state index contributed by atoms with van der Waals surface area (Å²) in [6.45, 7) is 3.76. The smallest absolute Gasteiger partial charge is 0.325 e. The second kappa shape index (κ2) is 9.89. The van der Waals surface area contributed by atoms with Gasteiger partial charge < -0.3 is 19.5 Å². The lowest BCUT2D eigenvalue weighted by atomic mass is 10.3. The summed E-state index contributed by atoms with van der Waals surface area (Å²) in [6.07, 6.45) is 0.829. The fourth-order valence-corrected chi connectivity index (χ4v) is 1.02.